The molecule has 3 nitrogen and oxygen atoms in total. The third-order valence-electron chi connectivity index (χ3n) is 4.30. The van der Waals surface area contributed by atoms with Gasteiger partial charge in [0, 0.05) is 24.7 Å². The van der Waals surface area contributed by atoms with Gasteiger partial charge >= 0.3 is 0 Å². The van der Waals surface area contributed by atoms with E-state index in [1.807, 2.05) is 19.1 Å². The van der Waals surface area contributed by atoms with Crippen molar-refractivity contribution in [3.05, 3.63) is 41.8 Å². The fourth-order valence-electron chi connectivity index (χ4n) is 3.07. The van der Waals surface area contributed by atoms with Crippen LogP contribution in [0.5, 0.6) is 0 Å². The summed E-state index contributed by atoms with van der Waals surface area (Å²) in [6.07, 6.45) is 4.30. The number of rotatable bonds is 2. The molecule has 1 aromatic carbocycles. The van der Waals surface area contributed by atoms with Crippen molar-refractivity contribution in [3.63, 3.8) is 0 Å². The first-order chi connectivity index (χ1) is 10.0. The van der Waals surface area contributed by atoms with Crippen LogP contribution in [0.3, 0.4) is 0 Å². The number of hydrogen-bond donors (Lipinski definition) is 1. The maximum atomic E-state index is 13.8. The summed E-state index contributed by atoms with van der Waals surface area (Å²) in [5.41, 5.74) is 1.22. The third kappa shape index (κ3) is 3.39. The summed E-state index contributed by atoms with van der Waals surface area (Å²) >= 11 is 0. The number of pyridine rings is 1. The summed E-state index contributed by atoms with van der Waals surface area (Å²) in [6.45, 7) is 4.34. The molecule has 3 rings (SSSR count). The van der Waals surface area contributed by atoms with Gasteiger partial charge in [0.05, 0.1) is 11.1 Å². The van der Waals surface area contributed by atoms with E-state index in [4.69, 9.17) is 0 Å². The fourth-order valence-corrected chi connectivity index (χ4v) is 3.07. The highest BCUT2D eigenvalue weighted by molar-refractivity contribution is 5.81. The van der Waals surface area contributed by atoms with Crippen molar-refractivity contribution < 1.29 is 9.50 Å². The molecule has 1 fully saturated rings. The Morgan fingerprint density at radius 1 is 1.33 bits per heavy atom. The van der Waals surface area contributed by atoms with Gasteiger partial charge in [-0.05, 0) is 56.5 Å². The number of fused-ring (bicyclic) bond motifs is 1. The summed E-state index contributed by atoms with van der Waals surface area (Å²) in [5, 5.41) is 11.0. The average Bonchev–Trinajstić information content (AvgIpc) is 2.60. The van der Waals surface area contributed by atoms with E-state index in [9.17, 15) is 9.50 Å². The lowest BCUT2D eigenvalue weighted by Crippen LogP contribution is -2.28. The molecule has 0 radical (unpaired) electrons. The second-order valence-corrected chi connectivity index (χ2v) is 6.27. The molecule has 1 atom stereocenters. The van der Waals surface area contributed by atoms with Gasteiger partial charge in [0.2, 0.25) is 0 Å². The van der Waals surface area contributed by atoms with Crippen molar-refractivity contribution in [3.8, 4) is 0 Å². The predicted molar refractivity (Wildman–Crippen MR) is 81.5 cm³/mol. The smallest absolute Gasteiger partial charge is 0.124 e. The molecule has 112 valence electrons. The summed E-state index contributed by atoms with van der Waals surface area (Å²) in [5.74, 6) is -0.215. The summed E-state index contributed by atoms with van der Waals surface area (Å²) in [7, 11) is 0. The number of nitrogens with zero attached hydrogens (tertiary/aromatic N) is 2. The van der Waals surface area contributed by atoms with Crippen molar-refractivity contribution in [2.45, 2.75) is 38.3 Å². The highest BCUT2D eigenvalue weighted by atomic mass is 19.1. The van der Waals surface area contributed by atoms with Crippen LogP contribution in [-0.2, 0) is 6.54 Å². The molecule has 4 heteroatoms. The lowest BCUT2D eigenvalue weighted by atomic mass is 9.98. The SMILES string of the molecule is CC1(O)CCCN(Cc2cc(F)cc3cccnc23)CC1. The van der Waals surface area contributed by atoms with Crippen LogP contribution in [0.4, 0.5) is 4.39 Å². The van der Waals surface area contributed by atoms with Gasteiger partial charge in [0.25, 0.3) is 0 Å². The Morgan fingerprint density at radius 2 is 2.19 bits per heavy atom. The second kappa shape index (κ2) is 5.70. The first-order valence-electron chi connectivity index (χ1n) is 7.51. The van der Waals surface area contributed by atoms with Crippen LogP contribution in [0.15, 0.2) is 30.5 Å². The third-order valence-corrected chi connectivity index (χ3v) is 4.30. The lowest BCUT2D eigenvalue weighted by Gasteiger charge is -2.22. The predicted octanol–water partition coefficient (Wildman–Crippen LogP) is 3.11. The van der Waals surface area contributed by atoms with Gasteiger partial charge in [0.15, 0.2) is 0 Å². The Hall–Kier alpha value is -1.52. The topological polar surface area (TPSA) is 36.4 Å². The first kappa shape index (κ1) is 14.4. The minimum absolute atomic E-state index is 0.215. The van der Waals surface area contributed by atoms with Crippen LogP contribution in [0, 0.1) is 5.82 Å². The quantitative estimate of drug-likeness (QED) is 0.922. The Bertz CT molecular complexity index is 642. The molecular formula is C17H21FN2O. The second-order valence-electron chi connectivity index (χ2n) is 6.27. The van der Waals surface area contributed by atoms with Crippen LogP contribution in [0.25, 0.3) is 10.9 Å². The molecule has 0 saturated carbocycles. The molecule has 0 bridgehead atoms. The molecule has 1 saturated heterocycles. The van der Waals surface area contributed by atoms with Gasteiger partial charge in [-0.3, -0.25) is 9.88 Å². The van der Waals surface area contributed by atoms with Crippen LogP contribution in [0.2, 0.25) is 0 Å². The Kier molecular flexibility index (Phi) is 3.91. The monoisotopic (exact) mass is 288 g/mol. The Morgan fingerprint density at radius 3 is 3.05 bits per heavy atom. The average molecular weight is 288 g/mol. The van der Waals surface area contributed by atoms with Gasteiger partial charge < -0.3 is 5.11 Å². The zero-order valence-electron chi connectivity index (χ0n) is 12.3. The molecular weight excluding hydrogens is 267 g/mol. The van der Waals surface area contributed by atoms with E-state index in [2.05, 4.69) is 9.88 Å². The maximum Gasteiger partial charge on any atom is 0.124 e. The zero-order chi connectivity index (χ0) is 14.9. The van der Waals surface area contributed by atoms with Crippen LogP contribution < -0.4 is 0 Å². The van der Waals surface area contributed by atoms with Gasteiger partial charge in [-0.15, -0.1) is 0 Å². The first-order valence-corrected chi connectivity index (χ1v) is 7.51. The highest BCUT2D eigenvalue weighted by Crippen LogP contribution is 2.24. The molecule has 21 heavy (non-hydrogen) atoms. The zero-order valence-corrected chi connectivity index (χ0v) is 12.3. The van der Waals surface area contributed by atoms with Crippen molar-refractivity contribution in [1.82, 2.24) is 9.88 Å². The van der Waals surface area contributed by atoms with Crippen LogP contribution >= 0.6 is 0 Å². The maximum absolute atomic E-state index is 13.8. The molecule has 0 spiro atoms. The van der Waals surface area contributed by atoms with Gasteiger partial charge in [0.1, 0.15) is 5.82 Å². The lowest BCUT2D eigenvalue weighted by molar-refractivity contribution is 0.0444. The molecule has 1 aliphatic rings. The van der Waals surface area contributed by atoms with E-state index >= 15 is 0 Å². The molecule has 0 amide bonds. The molecule has 0 aliphatic carbocycles. The molecule has 2 aromatic rings. The number of aromatic nitrogens is 1. The molecule has 2 heterocycles. The van der Waals surface area contributed by atoms with Crippen molar-refractivity contribution in [1.29, 1.82) is 0 Å². The Balaban J connectivity index is 1.84. The number of hydrogen-bond acceptors (Lipinski definition) is 3. The minimum Gasteiger partial charge on any atom is -0.390 e. The van der Waals surface area contributed by atoms with Crippen molar-refractivity contribution >= 4 is 10.9 Å². The van der Waals surface area contributed by atoms with E-state index in [1.165, 1.54) is 6.07 Å². The van der Waals surface area contributed by atoms with E-state index in [0.29, 0.717) is 6.54 Å². The minimum atomic E-state index is -0.572. The van der Waals surface area contributed by atoms with E-state index in [1.54, 1.807) is 12.3 Å². The largest absolute Gasteiger partial charge is 0.390 e. The summed E-state index contributed by atoms with van der Waals surface area (Å²) in [4.78, 5) is 6.68. The standard InChI is InChI=1S/C17H21FN2O/c1-17(21)5-3-8-20(9-6-17)12-14-11-15(18)10-13-4-2-7-19-16(13)14/h2,4,7,10-11,21H,3,5-6,8-9,12H2,1H3. The van der Waals surface area contributed by atoms with Crippen LogP contribution in [-0.4, -0.2) is 33.7 Å². The van der Waals surface area contributed by atoms with Gasteiger partial charge in [-0.2, -0.15) is 0 Å². The van der Waals surface area contributed by atoms with E-state index < -0.39 is 5.60 Å². The fraction of sp³-hybridized carbons (Fsp3) is 0.471. The van der Waals surface area contributed by atoms with E-state index in [-0.39, 0.29) is 5.82 Å². The molecule has 1 aromatic heterocycles. The summed E-state index contributed by atoms with van der Waals surface area (Å²) in [6, 6.07) is 6.83. The molecule has 1 N–H and O–H groups in total. The van der Waals surface area contributed by atoms with Crippen molar-refractivity contribution in [2.75, 3.05) is 13.1 Å². The number of benzene rings is 1. The number of likely N-dealkylation sites (tertiary alicyclic amines) is 1. The van der Waals surface area contributed by atoms with Gasteiger partial charge in [-0.1, -0.05) is 6.07 Å². The number of aliphatic hydroxyl groups is 1. The Labute approximate surface area is 124 Å². The van der Waals surface area contributed by atoms with Crippen LogP contribution in [0.1, 0.15) is 31.7 Å². The number of halogens is 1. The van der Waals surface area contributed by atoms with Gasteiger partial charge in [-0.25, -0.2) is 4.39 Å². The van der Waals surface area contributed by atoms with Crippen molar-refractivity contribution in [2.24, 2.45) is 0 Å². The summed E-state index contributed by atoms with van der Waals surface area (Å²) < 4.78 is 13.8. The molecule has 1 aliphatic heterocycles. The molecule has 1 unspecified atom stereocenters. The van der Waals surface area contributed by atoms with E-state index in [0.717, 1.165) is 48.8 Å². The highest BCUT2D eigenvalue weighted by Gasteiger charge is 2.25. The normalized spacial score (nSPS) is 24.1.